The summed E-state index contributed by atoms with van der Waals surface area (Å²) >= 11 is 1.63. The maximum Gasteiger partial charge on any atom is 0.334 e. The summed E-state index contributed by atoms with van der Waals surface area (Å²) in [6.45, 7) is 5.35. The first kappa shape index (κ1) is 25.3. The summed E-state index contributed by atoms with van der Waals surface area (Å²) in [6, 6.07) is 5.02. The van der Waals surface area contributed by atoms with Crippen LogP contribution in [0.2, 0.25) is 0 Å². The van der Waals surface area contributed by atoms with E-state index in [1.807, 2.05) is 6.26 Å². The number of urea groups is 1. The Balaban J connectivity index is 1.82. The molecule has 2 atom stereocenters. The topological polar surface area (TPSA) is 76.2 Å². The summed E-state index contributed by atoms with van der Waals surface area (Å²) in [5.41, 5.74) is 0.771. The number of nitrogens with one attached hydrogen (secondary N) is 1. The minimum absolute atomic E-state index is 0.0233. The molecule has 182 valence electrons. The van der Waals surface area contributed by atoms with Gasteiger partial charge >= 0.3 is 6.03 Å². The van der Waals surface area contributed by atoms with Gasteiger partial charge in [-0.2, -0.15) is 11.8 Å². The fourth-order valence-corrected chi connectivity index (χ4v) is 4.75. The fourth-order valence-electron chi connectivity index (χ4n) is 4.29. The molecule has 0 saturated carbocycles. The van der Waals surface area contributed by atoms with Crippen LogP contribution in [0.25, 0.3) is 0 Å². The van der Waals surface area contributed by atoms with Gasteiger partial charge in [-0.05, 0) is 48.5 Å². The molecule has 0 spiro atoms. The van der Waals surface area contributed by atoms with Gasteiger partial charge in [-0.25, -0.2) is 19.2 Å². The standard InChI is InChI=1S/C23H34FN5O3S/c1-16(2)9-11-27-14-20-28(19(22(27)31)10-12-33-4)21(30)15-26(3)29(20)23(32)25-13-17-5-7-18(24)8-6-17/h5-8,16,19-20H,9-15H2,1-4H3,(H,25,32)/t19-,20-/m0/s1. The number of benzene rings is 1. The lowest BCUT2D eigenvalue weighted by Crippen LogP contribution is -2.76. The highest BCUT2D eigenvalue weighted by Crippen LogP contribution is 2.28. The largest absolute Gasteiger partial charge is 0.337 e. The van der Waals surface area contributed by atoms with Gasteiger partial charge in [0.15, 0.2) is 0 Å². The zero-order valence-corrected chi connectivity index (χ0v) is 20.6. The van der Waals surface area contributed by atoms with E-state index in [2.05, 4.69) is 19.2 Å². The average Bonchev–Trinajstić information content (AvgIpc) is 2.76. The van der Waals surface area contributed by atoms with Gasteiger partial charge in [-0.1, -0.05) is 26.0 Å². The van der Waals surface area contributed by atoms with Crippen LogP contribution in [0, 0.1) is 11.7 Å². The van der Waals surface area contributed by atoms with Crippen molar-refractivity contribution in [2.75, 3.05) is 38.7 Å². The summed E-state index contributed by atoms with van der Waals surface area (Å²) in [6.07, 6.45) is 2.81. The molecule has 33 heavy (non-hydrogen) atoms. The first-order chi connectivity index (χ1) is 15.7. The number of piperazine rings is 1. The van der Waals surface area contributed by atoms with Crippen LogP contribution in [0.3, 0.4) is 0 Å². The molecular weight excluding hydrogens is 445 g/mol. The molecule has 3 rings (SSSR count). The van der Waals surface area contributed by atoms with Crippen molar-refractivity contribution >= 4 is 29.6 Å². The second kappa shape index (κ2) is 11.2. The van der Waals surface area contributed by atoms with Crippen LogP contribution >= 0.6 is 11.8 Å². The third-order valence-electron chi connectivity index (χ3n) is 6.08. The number of rotatable bonds is 8. The van der Waals surface area contributed by atoms with Crippen molar-refractivity contribution in [3.05, 3.63) is 35.6 Å². The Morgan fingerprint density at radius 3 is 2.58 bits per heavy atom. The number of carbonyl (C=O) groups is 3. The van der Waals surface area contributed by atoms with Crippen molar-refractivity contribution in [3.63, 3.8) is 0 Å². The molecule has 1 aromatic carbocycles. The van der Waals surface area contributed by atoms with Crippen LogP contribution in [0.4, 0.5) is 9.18 Å². The zero-order chi connectivity index (χ0) is 24.1. The lowest BCUT2D eigenvalue weighted by atomic mass is 10.0. The molecule has 2 fully saturated rings. The Morgan fingerprint density at radius 2 is 1.94 bits per heavy atom. The predicted molar refractivity (Wildman–Crippen MR) is 127 cm³/mol. The maximum absolute atomic E-state index is 13.3. The lowest BCUT2D eigenvalue weighted by molar-refractivity contribution is -0.187. The van der Waals surface area contributed by atoms with Crippen molar-refractivity contribution in [1.82, 2.24) is 25.1 Å². The third-order valence-corrected chi connectivity index (χ3v) is 6.72. The number of hydrogen-bond acceptors (Lipinski definition) is 5. The van der Waals surface area contributed by atoms with E-state index in [0.29, 0.717) is 18.9 Å². The fraction of sp³-hybridized carbons (Fsp3) is 0.609. The summed E-state index contributed by atoms with van der Waals surface area (Å²) < 4.78 is 13.2. The van der Waals surface area contributed by atoms with Crippen molar-refractivity contribution in [2.24, 2.45) is 5.92 Å². The monoisotopic (exact) mass is 479 g/mol. The van der Waals surface area contributed by atoms with Crippen LogP contribution < -0.4 is 5.32 Å². The number of likely N-dealkylation sites (N-methyl/N-ethyl adjacent to an activating group) is 1. The second-order valence-electron chi connectivity index (χ2n) is 8.99. The molecular formula is C23H34FN5O3S. The van der Waals surface area contributed by atoms with Gasteiger partial charge < -0.3 is 15.1 Å². The van der Waals surface area contributed by atoms with E-state index in [4.69, 9.17) is 0 Å². The molecule has 0 aromatic heterocycles. The van der Waals surface area contributed by atoms with E-state index < -0.39 is 12.2 Å². The summed E-state index contributed by atoms with van der Waals surface area (Å²) in [4.78, 5) is 43.0. The van der Waals surface area contributed by atoms with Crippen LogP contribution in [0.15, 0.2) is 24.3 Å². The average molecular weight is 480 g/mol. The molecule has 2 aliphatic rings. The minimum atomic E-state index is -0.572. The molecule has 2 saturated heterocycles. The number of halogens is 1. The molecule has 1 aromatic rings. The van der Waals surface area contributed by atoms with Gasteiger partial charge in [-0.15, -0.1) is 0 Å². The zero-order valence-electron chi connectivity index (χ0n) is 19.8. The van der Waals surface area contributed by atoms with E-state index in [-0.39, 0.29) is 43.3 Å². The van der Waals surface area contributed by atoms with Gasteiger partial charge in [0.25, 0.3) is 0 Å². The maximum atomic E-state index is 13.3. The van der Waals surface area contributed by atoms with Crippen LogP contribution in [0.5, 0.6) is 0 Å². The Kier molecular flexibility index (Phi) is 8.58. The van der Waals surface area contributed by atoms with Crippen molar-refractivity contribution in [3.8, 4) is 0 Å². The number of fused-ring (bicyclic) bond motifs is 1. The van der Waals surface area contributed by atoms with E-state index in [1.165, 1.54) is 12.1 Å². The molecule has 10 heteroatoms. The molecule has 2 aliphatic heterocycles. The number of carbonyl (C=O) groups excluding carboxylic acids is 3. The third kappa shape index (κ3) is 5.97. The van der Waals surface area contributed by atoms with E-state index >= 15 is 0 Å². The number of amides is 4. The molecule has 0 bridgehead atoms. The molecule has 4 amide bonds. The number of thioether (sulfide) groups is 1. The van der Waals surface area contributed by atoms with Crippen LogP contribution in [0.1, 0.15) is 32.3 Å². The molecule has 0 aliphatic carbocycles. The highest BCUT2D eigenvalue weighted by molar-refractivity contribution is 7.98. The van der Waals surface area contributed by atoms with Crippen molar-refractivity contribution in [2.45, 2.75) is 45.4 Å². The van der Waals surface area contributed by atoms with E-state index in [0.717, 1.165) is 17.7 Å². The highest BCUT2D eigenvalue weighted by atomic mass is 32.2. The van der Waals surface area contributed by atoms with Gasteiger partial charge in [0.05, 0.1) is 13.1 Å². The first-order valence-electron chi connectivity index (χ1n) is 11.3. The predicted octanol–water partition coefficient (Wildman–Crippen LogP) is 2.36. The van der Waals surface area contributed by atoms with E-state index in [9.17, 15) is 18.8 Å². The van der Waals surface area contributed by atoms with Crippen molar-refractivity contribution < 1.29 is 18.8 Å². The Labute approximate surface area is 199 Å². The van der Waals surface area contributed by atoms with Crippen LogP contribution in [-0.2, 0) is 16.1 Å². The summed E-state index contributed by atoms with van der Waals surface area (Å²) in [5.74, 6) is 0.668. The Morgan fingerprint density at radius 1 is 1.24 bits per heavy atom. The molecule has 1 N–H and O–H groups in total. The first-order valence-corrected chi connectivity index (χ1v) is 12.7. The number of hydrazine groups is 1. The summed E-state index contributed by atoms with van der Waals surface area (Å²) in [7, 11) is 1.71. The molecule has 0 unspecified atom stereocenters. The van der Waals surface area contributed by atoms with Crippen molar-refractivity contribution in [1.29, 1.82) is 0 Å². The Bertz CT molecular complexity index is 853. The second-order valence-corrected chi connectivity index (χ2v) is 9.98. The Hall–Kier alpha value is -2.33. The molecule has 8 nitrogen and oxygen atoms in total. The quantitative estimate of drug-likeness (QED) is 0.620. The van der Waals surface area contributed by atoms with Crippen LogP contribution in [-0.4, -0.2) is 88.6 Å². The van der Waals surface area contributed by atoms with Gasteiger partial charge in [0.1, 0.15) is 18.0 Å². The minimum Gasteiger partial charge on any atom is -0.337 e. The molecule has 0 radical (unpaired) electrons. The lowest BCUT2D eigenvalue weighted by Gasteiger charge is -2.54. The molecule has 2 heterocycles. The van der Waals surface area contributed by atoms with Gasteiger partial charge in [-0.3, -0.25) is 9.59 Å². The smallest absolute Gasteiger partial charge is 0.334 e. The highest BCUT2D eigenvalue weighted by Gasteiger charge is 2.50. The number of nitrogens with zero attached hydrogens (tertiary/aromatic N) is 4. The van der Waals surface area contributed by atoms with Gasteiger partial charge in [0.2, 0.25) is 11.8 Å². The van der Waals surface area contributed by atoms with E-state index in [1.54, 1.807) is 50.8 Å². The number of hydrogen-bond donors (Lipinski definition) is 1. The summed E-state index contributed by atoms with van der Waals surface area (Å²) in [5, 5.41) is 6.04. The normalized spacial score (nSPS) is 21.6. The SMILES string of the molecule is CSCC[C@H]1C(=O)N(CCC(C)C)C[C@H]2N1C(=O)CN(C)N2C(=O)NCc1ccc(F)cc1. The van der Waals surface area contributed by atoms with Gasteiger partial charge in [0, 0.05) is 20.1 Å².